The Morgan fingerprint density at radius 3 is 2.41 bits per heavy atom. The number of hydrogen-bond donors (Lipinski definition) is 2. The molecule has 0 amide bonds. The third kappa shape index (κ3) is 5.09. The minimum absolute atomic E-state index is 0.0379. The lowest BCUT2D eigenvalue weighted by Gasteiger charge is -2.12. The number of aliphatic hydroxyl groups is 1. The third-order valence-electron chi connectivity index (χ3n) is 3.53. The van der Waals surface area contributed by atoms with Crippen LogP contribution in [0.2, 0.25) is 10.0 Å². The Kier molecular flexibility index (Phi) is 6.30. The number of Topliss-reactive ketones (excluding diaryl/α,β-unsaturated/α-hetero) is 1. The number of hydrogen-bond acceptors (Lipinski definition) is 5. The molecule has 0 aliphatic heterocycles. The summed E-state index contributed by atoms with van der Waals surface area (Å²) in [4.78, 5) is 22.2. The fraction of sp³-hybridized carbons (Fsp3) is 0.111. The maximum atomic E-state index is 12.6. The van der Waals surface area contributed by atoms with Gasteiger partial charge in [-0.15, -0.1) is 0 Å². The van der Waals surface area contributed by atoms with Gasteiger partial charge in [-0.25, -0.2) is 8.42 Å². The second kappa shape index (κ2) is 8.12. The Bertz CT molecular complexity index is 1060. The van der Waals surface area contributed by atoms with Gasteiger partial charge in [0.1, 0.15) is 10.7 Å². The molecule has 2 N–H and O–H groups in total. The van der Waals surface area contributed by atoms with E-state index < -0.39 is 27.3 Å². The molecule has 0 atom stereocenters. The van der Waals surface area contributed by atoms with Gasteiger partial charge in [-0.05, 0) is 36.8 Å². The number of nitrogens with one attached hydrogen (secondary N) is 1. The van der Waals surface area contributed by atoms with Gasteiger partial charge in [0.2, 0.25) is 5.78 Å². The smallest absolute Gasteiger partial charge is 0.263 e. The fourth-order valence-corrected chi connectivity index (χ4v) is 3.98. The van der Waals surface area contributed by atoms with Gasteiger partial charge in [-0.3, -0.25) is 14.3 Å². The maximum Gasteiger partial charge on any atom is 0.263 e. The van der Waals surface area contributed by atoms with E-state index in [1.54, 1.807) is 6.92 Å². The van der Waals surface area contributed by atoms with Crippen molar-refractivity contribution in [2.24, 2.45) is 0 Å². The molecule has 0 bridgehead atoms. The molecule has 0 aliphatic carbocycles. The van der Waals surface area contributed by atoms with E-state index in [1.807, 2.05) is 0 Å². The fourth-order valence-electron chi connectivity index (χ4n) is 2.10. The first-order valence-electron chi connectivity index (χ1n) is 7.55. The molecule has 0 spiro atoms. The lowest BCUT2D eigenvalue weighted by atomic mass is 10.1. The number of rotatable bonds is 6. The number of allylic oxidation sites excluding steroid dienone is 1. The van der Waals surface area contributed by atoms with Crippen LogP contribution in [0.4, 0.5) is 5.69 Å². The first kappa shape index (κ1) is 21.0. The molecule has 2 rings (SSSR count). The van der Waals surface area contributed by atoms with E-state index in [-0.39, 0.29) is 21.2 Å². The lowest BCUT2D eigenvalue weighted by Crippen LogP contribution is -2.14. The highest BCUT2D eigenvalue weighted by atomic mass is 35.5. The molecular formula is C18H15Cl2NO5S. The normalized spacial score (nSPS) is 11.9. The molecule has 0 radical (unpaired) electrons. The van der Waals surface area contributed by atoms with E-state index in [0.29, 0.717) is 10.6 Å². The lowest BCUT2D eigenvalue weighted by molar-refractivity contribution is -0.132. The topological polar surface area (TPSA) is 101 Å². The Labute approximate surface area is 166 Å². The molecular weight excluding hydrogens is 413 g/mol. The first-order chi connectivity index (χ1) is 12.5. The highest BCUT2D eigenvalue weighted by Gasteiger charge is 2.20. The monoisotopic (exact) mass is 427 g/mol. The summed E-state index contributed by atoms with van der Waals surface area (Å²) in [5.74, 6) is -2.07. The van der Waals surface area contributed by atoms with Crippen molar-refractivity contribution < 1.29 is 23.1 Å². The van der Waals surface area contributed by atoms with Crippen LogP contribution in [-0.2, 0) is 19.6 Å². The molecule has 0 unspecified atom stereocenters. The van der Waals surface area contributed by atoms with Crippen molar-refractivity contribution in [3.8, 4) is 0 Å². The van der Waals surface area contributed by atoms with Crippen LogP contribution in [0, 0.1) is 6.92 Å². The number of aryl methyl sites for hydroxylation is 1. The summed E-state index contributed by atoms with van der Waals surface area (Å²) in [5.41, 5.74) is 0.827. The number of anilines is 1. The molecule has 6 nitrogen and oxygen atoms in total. The van der Waals surface area contributed by atoms with Crippen LogP contribution in [0.25, 0.3) is 5.76 Å². The quantitative estimate of drug-likeness (QED) is 0.409. The van der Waals surface area contributed by atoms with E-state index in [0.717, 1.165) is 13.0 Å². The van der Waals surface area contributed by atoms with E-state index in [2.05, 4.69) is 4.72 Å². The van der Waals surface area contributed by atoms with Crippen LogP contribution >= 0.6 is 23.2 Å². The molecule has 0 aromatic heterocycles. The predicted molar refractivity (Wildman–Crippen MR) is 105 cm³/mol. The zero-order valence-electron chi connectivity index (χ0n) is 14.3. The van der Waals surface area contributed by atoms with Gasteiger partial charge < -0.3 is 5.11 Å². The highest BCUT2D eigenvalue weighted by Crippen LogP contribution is 2.30. The minimum atomic E-state index is -4.02. The van der Waals surface area contributed by atoms with Crippen LogP contribution in [-0.4, -0.2) is 25.1 Å². The second-order valence-corrected chi connectivity index (χ2v) is 8.13. The van der Waals surface area contributed by atoms with Gasteiger partial charge >= 0.3 is 0 Å². The molecule has 0 heterocycles. The standard InChI is InChI=1S/C18H15Cl2NO5S/c1-10-6-18(15(20)8-14(10)19)27(25,26)21-13-5-3-4-12(7-13)17(24)9-16(23)11(2)22/h3-9,21,24H,1-2H3/b17-9-. The van der Waals surface area contributed by atoms with E-state index in [9.17, 15) is 23.1 Å². The Morgan fingerprint density at radius 1 is 1.11 bits per heavy atom. The first-order valence-corrected chi connectivity index (χ1v) is 9.79. The third-order valence-corrected chi connectivity index (χ3v) is 5.78. The summed E-state index contributed by atoms with van der Waals surface area (Å²) in [6.45, 7) is 2.72. The van der Waals surface area contributed by atoms with E-state index in [1.165, 1.54) is 36.4 Å². The number of carbonyl (C=O) groups is 2. The maximum absolute atomic E-state index is 12.6. The molecule has 0 fully saturated rings. The van der Waals surface area contributed by atoms with Crippen molar-refractivity contribution in [2.75, 3.05) is 4.72 Å². The highest BCUT2D eigenvalue weighted by molar-refractivity contribution is 7.92. The summed E-state index contributed by atoms with van der Waals surface area (Å²) in [7, 11) is -4.02. The summed E-state index contributed by atoms with van der Waals surface area (Å²) in [6.07, 6.45) is 0.773. The number of halogens is 2. The Balaban J connectivity index is 2.37. The van der Waals surface area contributed by atoms with Gasteiger partial charge in [0.05, 0.1) is 5.02 Å². The molecule has 142 valence electrons. The molecule has 0 aliphatic rings. The summed E-state index contributed by atoms with van der Waals surface area (Å²) in [5, 5.41) is 10.3. The Hall–Kier alpha value is -2.35. The second-order valence-electron chi connectivity index (χ2n) is 5.67. The van der Waals surface area contributed by atoms with Crippen molar-refractivity contribution in [1.82, 2.24) is 0 Å². The van der Waals surface area contributed by atoms with Gasteiger partial charge in [0.15, 0.2) is 5.78 Å². The van der Waals surface area contributed by atoms with Crippen molar-refractivity contribution in [2.45, 2.75) is 18.7 Å². The predicted octanol–water partition coefficient (Wildman–Crippen LogP) is 4.16. The van der Waals surface area contributed by atoms with Crippen LogP contribution in [0.3, 0.4) is 0 Å². The van der Waals surface area contributed by atoms with E-state index >= 15 is 0 Å². The van der Waals surface area contributed by atoms with Crippen molar-refractivity contribution in [3.05, 3.63) is 63.6 Å². The average Bonchev–Trinajstić information content (AvgIpc) is 2.57. The minimum Gasteiger partial charge on any atom is -0.507 e. The summed E-state index contributed by atoms with van der Waals surface area (Å²) >= 11 is 11.9. The number of sulfonamides is 1. The Morgan fingerprint density at radius 2 is 1.78 bits per heavy atom. The molecule has 0 saturated heterocycles. The largest absolute Gasteiger partial charge is 0.507 e. The van der Waals surface area contributed by atoms with Gasteiger partial charge in [-0.2, -0.15) is 0 Å². The zero-order valence-corrected chi connectivity index (χ0v) is 16.6. The molecule has 0 saturated carbocycles. The number of benzene rings is 2. The van der Waals surface area contributed by atoms with Crippen LogP contribution in [0.15, 0.2) is 47.4 Å². The summed E-state index contributed by atoms with van der Waals surface area (Å²) < 4.78 is 27.6. The summed E-state index contributed by atoms with van der Waals surface area (Å²) in [6, 6.07) is 8.39. The van der Waals surface area contributed by atoms with Gasteiger partial charge in [-0.1, -0.05) is 35.3 Å². The van der Waals surface area contributed by atoms with Crippen molar-refractivity contribution in [1.29, 1.82) is 0 Å². The number of carbonyl (C=O) groups excluding carboxylic acids is 2. The molecule has 2 aromatic rings. The van der Waals surface area contributed by atoms with Gasteiger partial charge in [0.25, 0.3) is 10.0 Å². The number of aliphatic hydroxyl groups excluding tert-OH is 1. The molecule has 9 heteroatoms. The van der Waals surface area contributed by atoms with Crippen LogP contribution in [0.5, 0.6) is 0 Å². The van der Waals surface area contributed by atoms with E-state index in [4.69, 9.17) is 23.2 Å². The SMILES string of the molecule is CC(=O)C(=O)/C=C(\O)c1cccc(NS(=O)(=O)c2cc(C)c(Cl)cc2Cl)c1. The van der Waals surface area contributed by atoms with Crippen LogP contribution < -0.4 is 4.72 Å². The average molecular weight is 428 g/mol. The van der Waals surface area contributed by atoms with Gasteiger partial charge in [0, 0.05) is 29.3 Å². The van der Waals surface area contributed by atoms with Crippen LogP contribution in [0.1, 0.15) is 18.1 Å². The zero-order chi connectivity index (χ0) is 20.4. The van der Waals surface area contributed by atoms with Crippen molar-refractivity contribution in [3.63, 3.8) is 0 Å². The molecule has 27 heavy (non-hydrogen) atoms. The molecule has 2 aromatic carbocycles. The number of ketones is 2. The van der Waals surface area contributed by atoms with Crippen molar-refractivity contribution >= 4 is 56.2 Å².